The molecule has 0 aromatic heterocycles. The Kier molecular flexibility index (Phi) is 4.67. The highest BCUT2D eigenvalue weighted by molar-refractivity contribution is 7.89. The minimum absolute atomic E-state index is 0.153. The van der Waals surface area contributed by atoms with E-state index in [9.17, 15) is 12.6 Å². The van der Waals surface area contributed by atoms with Gasteiger partial charge in [0.25, 0.3) is 0 Å². The topological polar surface area (TPSA) is 89.3 Å². The smallest absolute Gasteiger partial charge is 0.240 e. The zero-order chi connectivity index (χ0) is 13.1. The minimum Gasteiger partial charge on any atom is -0.399 e. The molecule has 0 aliphatic heterocycles. The monoisotopic (exact) mass is 276 g/mol. The summed E-state index contributed by atoms with van der Waals surface area (Å²) >= 11 is 0. The second-order valence-electron chi connectivity index (χ2n) is 3.83. The largest absolute Gasteiger partial charge is 0.399 e. The molecule has 0 saturated carbocycles. The molecule has 17 heavy (non-hydrogen) atoms. The lowest BCUT2D eigenvalue weighted by atomic mass is 10.3. The summed E-state index contributed by atoms with van der Waals surface area (Å²) in [6.45, 7) is 1.68. The number of sulfonamides is 1. The van der Waals surface area contributed by atoms with E-state index in [0.29, 0.717) is 5.69 Å². The molecule has 1 rings (SSSR count). The Morgan fingerprint density at radius 1 is 1.35 bits per heavy atom. The Labute approximate surface area is 104 Å². The van der Waals surface area contributed by atoms with Gasteiger partial charge in [0, 0.05) is 34.5 Å². The van der Waals surface area contributed by atoms with Crippen LogP contribution < -0.4 is 10.5 Å². The highest BCUT2D eigenvalue weighted by atomic mass is 32.2. The lowest BCUT2D eigenvalue weighted by Gasteiger charge is -2.12. The van der Waals surface area contributed by atoms with Crippen LogP contribution in [0.4, 0.5) is 5.69 Å². The van der Waals surface area contributed by atoms with Gasteiger partial charge >= 0.3 is 0 Å². The van der Waals surface area contributed by atoms with Gasteiger partial charge in [-0.3, -0.25) is 4.21 Å². The second kappa shape index (κ2) is 5.61. The van der Waals surface area contributed by atoms with Gasteiger partial charge in [-0.05, 0) is 31.2 Å². The van der Waals surface area contributed by atoms with Crippen molar-refractivity contribution in [3.63, 3.8) is 0 Å². The van der Waals surface area contributed by atoms with E-state index in [1.807, 2.05) is 0 Å². The van der Waals surface area contributed by atoms with Gasteiger partial charge in [0.2, 0.25) is 10.0 Å². The fraction of sp³-hybridized carbons (Fsp3) is 0.400. The Balaban J connectivity index is 2.82. The molecule has 0 saturated heterocycles. The third-order valence-electron chi connectivity index (χ3n) is 2.03. The Bertz CT molecular complexity index is 497. The quantitative estimate of drug-likeness (QED) is 0.758. The summed E-state index contributed by atoms with van der Waals surface area (Å²) in [5.41, 5.74) is 5.99. The number of rotatable bonds is 5. The predicted octanol–water partition coefficient (Wildman–Crippen LogP) is 0.314. The molecule has 0 heterocycles. The minimum atomic E-state index is -3.56. The number of nitrogens with two attached hydrogens (primary N) is 1. The molecular formula is C10H16N2O3S2. The lowest BCUT2D eigenvalue weighted by molar-refractivity contribution is 0.570. The van der Waals surface area contributed by atoms with E-state index in [1.54, 1.807) is 6.92 Å². The third kappa shape index (κ3) is 4.45. The molecule has 0 amide bonds. The fourth-order valence-electron chi connectivity index (χ4n) is 1.37. The molecule has 0 bridgehead atoms. The van der Waals surface area contributed by atoms with Crippen molar-refractivity contribution in [3.05, 3.63) is 24.3 Å². The van der Waals surface area contributed by atoms with Crippen LogP contribution in [0.1, 0.15) is 6.92 Å². The average Bonchev–Trinajstić information content (AvgIpc) is 2.15. The van der Waals surface area contributed by atoms with Crippen molar-refractivity contribution in [2.75, 3.05) is 17.7 Å². The lowest BCUT2D eigenvalue weighted by Crippen LogP contribution is -2.36. The van der Waals surface area contributed by atoms with Gasteiger partial charge in [-0.15, -0.1) is 0 Å². The van der Waals surface area contributed by atoms with E-state index in [-0.39, 0.29) is 16.7 Å². The first-order chi connectivity index (χ1) is 7.81. The molecule has 96 valence electrons. The van der Waals surface area contributed by atoms with Crippen LogP contribution in [-0.4, -0.2) is 30.7 Å². The zero-order valence-electron chi connectivity index (χ0n) is 9.71. The molecule has 0 radical (unpaired) electrons. The maximum atomic E-state index is 11.9. The highest BCUT2D eigenvalue weighted by Gasteiger charge is 2.17. The van der Waals surface area contributed by atoms with Crippen molar-refractivity contribution in [3.8, 4) is 0 Å². The molecule has 0 fully saturated rings. The van der Waals surface area contributed by atoms with Gasteiger partial charge in [-0.25, -0.2) is 13.1 Å². The first-order valence-electron chi connectivity index (χ1n) is 4.99. The predicted molar refractivity (Wildman–Crippen MR) is 69.6 cm³/mol. The van der Waals surface area contributed by atoms with Crippen LogP contribution in [-0.2, 0) is 20.8 Å². The number of nitrogen functional groups attached to an aromatic ring is 1. The Morgan fingerprint density at radius 2 is 1.88 bits per heavy atom. The highest BCUT2D eigenvalue weighted by Crippen LogP contribution is 2.11. The van der Waals surface area contributed by atoms with Gasteiger partial charge in [0.15, 0.2) is 0 Å². The van der Waals surface area contributed by atoms with E-state index in [2.05, 4.69) is 4.72 Å². The summed E-state index contributed by atoms with van der Waals surface area (Å²) in [4.78, 5) is 0.153. The van der Waals surface area contributed by atoms with Crippen LogP contribution in [0.2, 0.25) is 0 Å². The molecule has 3 N–H and O–H groups in total. The third-order valence-corrected chi connectivity index (χ3v) is 4.61. The average molecular weight is 276 g/mol. The van der Waals surface area contributed by atoms with Crippen molar-refractivity contribution in [2.45, 2.75) is 17.9 Å². The molecular weight excluding hydrogens is 260 g/mol. The summed E-state index contributed by atoms with van der Waals surface area (Å²) < 4.78 is 37.2. The molecule has 2 unspecified atom stereocenters. The number of anilines is 1. The van der Waals surface area contributed by atoms with E-state index < -0.39 is 20.8 Å². The van der Waals surface area contributed by atoms with E-state index in [0.717, 1.165) is 0 Å². The number of benzene rings is 1. The molecule has 1 aromatic carbocycles. The second-order valence-corrected chi connectivity index (χ2v) is 7.02. The fourth-order valence-corrected chi connectivity index (χ4v) is 3.50. The Morgan fingerprint density at radius 3 is 2.35 bits per heavy atom. The molecule has 0 aliphatic carbocycles. The standard InChI is InChI=1S/C10H16N2O3S2/c1-8(7-16(2)13)12-17(14,15)10-5-3-9(11)4-6-10/h3-6,8,12H,7,11H2,1-2H3. The van der Waals surface area contributed by atoms with E-state index in [1.165, 1.54) is 30.5 Å². The van der Waals surface area contributed by atoms with Gasteiger partial charge in [-0.1, -0.05) is 0 Å². The summed E-state index contributed by atoms with van der Waals surface area (Å²) in [5, 5.41) is 0. The normalized spacial score (nSPS) is 15.4. The summed E-state index contributed by atoms with van der Waals surface area (Å²) in [6.07, 6.45) is 1.54. The molecule has 1 aromatic rings. The zero-order valence-corrected chi connectivity index (χ0v) is 11.3. The van der Waals surface area contributed by atoms with E-state index in [4.69, 9.17) is 5.73 Å². The van der Waals surface area contributed by atoms with Crippen molar-refractivity contribution >= 4 is 26.5 Å². The SMILES string of the molecule is CC(CS(C)=O)NS(=O)(=O)c1ccc(N)cc1. The number of hydrogen-bond donors (Lipinski definition) is 2. The maximum Gasteiger partial charge on any atom is 0.240 e. The van der Waals surface area contributed by atoms with Gasteiger partial charge in [-0.2, -0.15) is 0 Å². The summed E-state index contributed by atoms with van der Waals surface area (Å²) in [7, 11) is -4.60. The van der Waals surface area contributed by atoms with Crippen molar-refractivity contribution < 1.29 is 12.6 Å². The van der Waals surface area contributed by atoms with Crippen LogP contribution in [0.25, 0.3) is 0 Å². The number of nitrogens with one attached hydrogen (secondary N) is 1. The van der Waals surface area contributed by atoms with Gasteiger partial charge in [0.05, 0.1) is 4.90 Å². The number of hydrogen-bond acceptors (Lipinski definition) is 4. The van der Waals surface area contributed by atoms with Crippen molar-refractivity contribution in [1.29, 1.82) is 0 Å². The molecule has 0 spiro atoms. The van der Waals surface area contributed by atoms with E-state index >= 15 is 0 Å². The summed E-state index contributed by atoms with van der Waals surface area (Å²) in [5.74, 6) is 0.286. The van der Waals surface area contributed by atoms with Crippen molar-refractivity contribution in [1.82, 2.24) is 4.72 Å². The van der Waals surface area contributed by atoms with Crippen LogP contribution in [0.5, 0.6) is 0 Å². The molecule has 5 nitrogen and oxygen atoms in total. The van der Waals surface area contributed by atoms with Gasteiger partial charge < -0.3 is 5.73 Å². The first-order valence-corrected chi connectivity index (χ1v) is 8.20. The first kappa shape index (κ1) is 14.1. The van der Waals surface area contributed by atoms with Crippen LogP contribution in [0, 0.1) is 0 Å². The van der Waals surface area contributed by atoms with Crippen LogP contribution >= 0.6 is 0 Å². The van der Waals surface area contributed by atoms with Crippen LogP contribution in [0.15, 0.2) is 29.2 Å². The molecule has 0 aliphatic rings. The summed E-state index contributed by atoms with van der Waals surface area (Å²) in [6, 6.07) is 5.55. The van der Waals surface area contributed by atoms with Gasteiger partial charge in [0.1, 0.15) is 0 Å². The molecule has 7 heteroatoms. The van der Waals surface area contributed by atoms with Crippen molar-refractivity contribution in [2.24, 2.45) is 0 Å². The van der Waals surface area contributed by atoms with Crippen LogP contribution in [0.3, 0.4) is 0 Å². The maximum absolute atomic E-state index is 11.9. The Hall–Kier alpha value is -0.920. The molecule has 2 atom stereocenters.